The Bertz CT molecular complexity index is 386. The van der Waals surface area contributed by atoms with Crippen molar-refractivity contribution >= 4 is 0 Å². The van der Waals surface area contributed by atoms with Crippen molar-refractivity contribution in [2.75, 3.05) is 13.2 Å². The van der Waals surface area contributed by atoms with Gasteiger partial charge in [-0.05, 0) is 37.6 Å². The summed E-state index contributed by atoms with van der Waals surface area (Å²) in [6, 6.07) is 8.79. The summed E-state index contributed by atoms with van der Waals surface area (Å²) in [6.07, 6.45) is 1.88. The van der Waals surface area contributed by atoms with Gasteiger partial charge < -0.3 is 10.1 Å². The molecular formula is C16H23NO. The third-order valence-electron chi connectivity index (χ3n) is 2.81. The summed E-state index contributed by atoms with van der Waals surface area (Å²) in [7, 11) is 0. The van der Waals surface area contributed by atoms with Crippen LogP contribution in [-0.4, -0.2) is 13.2 Å². The zero-order chi connectivity index (χ0) is 13.2. The molecule has 0 bridgehead atoms. The van der Waals surface area contributed by atoms with E-state index in [1.807, 2.05) is 19.1 Å². The lowest BCUT2D eigenvalue weighted by molar-refractivity contribution is 0.327. The molecule has 1 aromatic carbocycles. The van der Waals surface area contributed by atoms with E-state index in [9.17, 15) is 0 Å². The van der Waals surface area contributed by atoms with Crippen molar-refractivity contribution in [1.29, 1.82) is 0 Å². The van der Waals surface area contributed by atoms with Crippen LogP contribution in [-0.2, 0) is 0 Å². The van der Waals surface area contributed by atoms with E-state index in [4.69, 9.17) is 4.74 Å². The summed E-state index contributed by atoms with van der Waals surface area (Å²) < 4.78 is 5.61. The second-order valence-corrected chi connectivity index (χ2v) is 4.11. The second kappa shape index (κ2) is 8.60. The molecule has 1 unspecified atom stereocenters. The largest absolute Gasteiger partial charge is 0.493 e. The lowest BCUT2D eigenvalue weighted by atomic mass is 10.0. The van der Waals surface area contributed by atoms with Crippen molar-refractivity contribution in [1.82, 2.24) is 5.32 Å². The molecule has 0 amide bonds. The quantitative estimate of drug-likeness (QED) is 0.586. The molecule has 1 atom stereocenters. The standard InChI is InChI=1S/C16H23NO/c1-4-7-8-13-18-15-11-9-14(10-12-15)16(5-2)17-6-3/h9-12,16-17H,5-6,8,13H2,1-3H3. The number of nitrogens with one attached hydrogen (secondary N) is 1. The van der Waals surface area contributed by atoms with Gasteiger partial charge in [-0.25, -0.2) is 0 Å². The topological polar surface area (TPSA) is 21.3 Å². The lowest BCUT2D eigenvalue weighted by Gasteiger charge is -2.16. The molecule has 0 aliphatic carbocycles. The van der Waals surface area contributed by atoms with Crippen LogP contribution in [0.5, 0.6) is 5.75 Å². The van der Waals surface area contributed by atoms with E-state index in [0.717, 1.165) is 25.1 Å². The van der Waals surface area contributed by atoms with Gasteiger partial charge in [-0.2, -0.15) is 0 Å². The fourth-order valence-electron chi connectivity index (χ4n) is 1.89. The van der Waals surface area contributed by atoms with Crippen molar-refractivity contribution in [3.05, 3.63) is 29.8 Å². The zero-order valence-corrected chi connectivity index (χ0v) is 11.6. The summed E-state index contributed by atoms with van der Waals surface area (Å²) >= 11 is 0. The molecule has 1 rings (SSSR count). The minimum absolute atomic E-state index is 0.440. The molecular weight excluding hydrogens is 222 g/mol. The molecule has 2 nitrogen and oxygen atoms in total. The van der Waals surface area contributed by atoms with Gasteiger partial charge in [0.05, 0.1) is 6.61 Å². The molecule has 0 radical (unpaired) electrons. The van der Waals surface area contributed by atoms with Gasteiger partial charge in [-0.3, -0.25) is 0 Å². The molecule has 0 aliphatic heterocycles. The summed E-state index contributed by atoms with van der Waals surface area (Å²) in [5.74, 6) is 6.77. The maximum Gasteiger partial charge on any atom is 0.119 e. The van der Waals surface area contributed by atoms with Crippen molar-refractivity contribution < 1.29 is 4.74 Å². The SMILES string of the molecule is CC#CCCOc1ccc(C(CC)NCC)cc1. The minimum Gasteiger partial charge on any atom is -0.493 e. The van der Waals surface area contributed by atoms with E-state index in [0.29, 0.717) is 12.6 Å². The van der Waals surface area contributed by atoms with E-state index in [-0.39, 0.29) is 0 Å². The fraction of sp³-hybridized carbons (Fsp3) is 0.500. The molecule has 0 aliphatic rings. The molecule has 0 saturated carbocycles. The first-order valence-electron chi connectivity index (χ1n) is 6.67. The Morgan fingerprint density at radius 3 is 2.50 bits per heavy atom. The van der Waals surface area contributed by atoms with Crippen LogP contribution in [0.15, 0.2) is 24.3 Å². The predicted molar refractivity (Wildman–Crippen MR) is 76.7 cm³/mol. The van der Waals surface area contributed by atoms with Gasteiger partial charge in [-0.1, -0.05) is 26.0 Å². The summed E-state index contributed by atoms with van der Waals surface area (Å²) in [5, 5.41) is 3.47. The highest BCUT2D eigenvalue weighted by Gasteiger charge is 2.06. The van der Waals surface area contributed by atoms with Crippen LogP contribution in [0.2, 0.25) is 0 Å². The number of rotatable bonds is 7. The maximum atomic E-state index is 5.61. The first-order chi connectivity index (χ1) is 8.81. The van der Waals surface area contributed by atoms with Crippen LogP contribution in [0.25, 0.3) is 0 Å². The zero-order valence-electron chi connectivity index (χ0n) is 11.6. The number of hydrogen-bond acceptors (Lipinski definition) is 2. The van der Waals surface area contributed by atoms with Crippen LogP contribution < -0.4 is 10.1 Å². The predicted octanol–water partition coefficient (Wildman–Crippen LogP) is 3.54. The van der Waals surface area contributed by atoms with Crippen molar-refractivity contribution in [3.8, 4) is 17.6 Å². The van der Waals surface area contributed by atoms with Gasteiger partial charge in [0.2, 0.25) is 0 Å². The highest BCUT2D eigenvalue weighted by molar-refractivity contribution is 5.29. The Labute approximate surface area is 111 Å². The molecule has 18 heavy (non-hydrogen) atoms. The number of hydrogen-bond donors (Lipinski definition) is 1. The molecule has 0 fully saturated rings. The highest BCUT2D eigenvalue weighted by Crippen LogP contribution is 2.20. The van der Waals surface area contributed by atoms with Gasteiger partial charge in [0.25, 0.3) is 0 Å². The molecule has 0 spiro atoms. The average Bonchev–Trinajstić information content (AvgIpc) is 2.42. The Kier molecular flexibility index (Phi) is 6.98. The summed E-state index contributed by atoms with van der Waals surface area (Å²) in [4.78, 5) is 0. The van der Waals surface area contributed by atoms with Gasteiger partial charge in [-0.15, -0.1) is 11.8 Å². The molecule has 98 valence electrons. The Hall–Kier alpha value is -1.46. The Morgan fingerprint density at radius 2 is 1.94 bits per heavy atom. The van der Waals surface area contributed by atoms with Crippen LogP contribution >= 0.6 is 0 Å². The molecule has 0 aromatic heterocycles. The molecule has 1 aromatic rings. The van der Waals surface area contributed by atoms with Crippen LogP contribution in [0.3, 0.4) is 0 Å². The maximum absolute atomic E-state index is 5.61. The first-order valence-corrected chi connectivity index (χ1v) is 6.67. The van der Waals surface area contributed by atoms with Crippen molar-refractivity contribution in [3.63, 3.8) is 0 Å². The smallest absolute Gasteiger partial charge is 0.119 e. The van der Waals surface area contributed by atoms with E-state index in [1.165, 1.54) is 5.56 Å². The third kappa shape index (κ3) is 4.81. The molecule has 0 heterocycles. The minimum atomic E-state index is 0.440. The number of benzene rings is 1. The van der Waals surface area contributed by atoms with E-state index >= 15 is 0 Å². The fourth-order valence-corrected chi connectivity index (χ4v) is 1.89. The van der Waals surface area contributed by atoms with Crippen LogP contribution in [0.4, 0.5) is 0 Å². The van der Waals surface area contributed by atoms with Crippen molar-refractivity contribution in [2.24, 2.45) is 0 Å². The molecule has 1 N–H and O–H groups in total. The lowest BCUT2D eigenvalue weighted by Crippen LogP contribution is -2.19. The monoisotopic (exact) mass is 245 g/mol. The summed E-state index contributed by atoms with van der Waals surface area (Å²) in [5.41, 5.74) is 1.32. The van der Waals surface area contributed by atoms with E-state index < -0.39 is 0 Å². The Morgan fingerprint density at radius 1 is 1.22 bits per heavy atom. The first kappa shape index (κ1) is 14.6. The number of ether oxygens (including phenoxy) is 1. The highest BCUT2D eigenvalue weighted by atomic mass is 16.5. The molecule has 0 saturated heterocycles. The van der Waals surface area contributed by atoms with Gasteiger partial charge >= 0.3 is 0 Å². The second-order valence-electron chi connectivity index (χ2n) is 4.11. The van der Waals surface area contributed by atoms with Gasteiger partial charge in [0.1, 0.15) is 5.75 Å². The van der Waals surface area contributed by atoms with E-state index in [1.54, 1.807) is 0 Å². The van der Waals surface area contributed by atoms with E-state index in [2.05, 4.69) is 43.1 Å². The average molecular weight is 245 g/mol. The van der Waals surface area contributed by atoms with Crippen LogP contribution in [0, 0.1) is 11.8 Å². The molecule has 2 heteroatoms. The Balaban J connectivity index is 2.52. The normalized spacial score (nSPS) is 11.5. The van der Waals surface area contributed by atoms with Crippen molar-refractivity contribution in [2.45, 2.75) is 39.7 Å². The summed E-state index contributed by atoms with van der Waals surface area (Å²) in [6.45, 7) is 7.83. The van der Waals surface area contributed by atoms with Gasteiger partial charge in [0, 0.05) is 12.5 Å². The van der Waals surface area contributed by atoms with Crippen LogP contribution in [0.1, 0.15) is 45.2 Å². The third-order valence-corrected chi connectivity index (χ3v) is 2.81. The van der Waals surface area contributed by atoms with Gasteiger partial charge in [0.15, 0.2) is 0 Å².